The van der Waals surface area contributed by atoms with Gasteiger partial charge in [0.25, 0.3) is 0 Å². The van der Waals surface area contributed by atoms with Gasteiger partial charge < -0.3 is 0 Å². The summed E-state index contributed by atoms with van der Waals surface area (Å²) in [6, 6.07) is 43.4. The summed E-state index contributed by atoms with van der Waals surface area (Å²) in [6.07, 6.45) is 3.65. The van der Waals surface area contributed by atoms with Crippen LogP contribution in [-0.2, 0) is 0 Å². The number of para-hydroxylation sites is 3. The highest BCUT2D eigenvalue weighted by molar-refractivity contribution is 6.22. The van der Waals surface area contributed by atoms with E-state index in [2.05, 4.69) is 89.9 Å². The summed E-state index contributed by atoms with van der Waals surface area (Å²) in [5, 5.41) is 4.32. The molecule has 9 rings (SSSR count). The monoisotopic (exact) mass is 604 g/mol. The Bertz CT molecular complexity index is 2760. The molecule has 0 spiro atoms. The summed E-state index contributed by atoms with van der Waals surface area (Å²) in [5.41, 5.74) is 8.59. The van der Waals surface area contributed by atoms with Crippen molar-refractivity contribution < 1.29 is 6.85 Å². The van der Waals surface area contributed by atoms with Crippen molar-refractivity contribution in [2.24, 2.45) is 0 Å². The predicted molar refractivity (Wildman–Crippen MR) is 196 cm³/mol. The van der Waals surface area contributed by atoms with Gasteiger partial charge in [-0.15, -0.1) is 0 Å². The molecule has 0 amide bonds. The van der Waals surface area contributed by atoms with Crippen LogP contribution in [0.15, 0.2) is 176 Å². The van der Waals surface area contributed by atoms with E-state index in [1.165, 1.54) is 0 Å². The topological polar surface area (TPSA) is 30.7 Å². The van der Waals surface area contributed by atoms with E-state index in [0.717, 1.165) is 66.1 Å². The maximum Gasteiger partial charge on any atom is 0.145 e. The van der Waals surface area contributed by atoms with E-state index >= 15 is 0 Å². The van der Waals surface area contributed by atoms with Crippen molar-refractivity contribution in [2.45, 2.75) is 0 Å². The Morgan fingerprint density at radius 3 is 1.81 bits per heavy atom. The maximum atomic E-state index is 8.88. The molecule has 7 aromatic carbocycles. The van der Waals surface area contributed by atoms with Gasteiger partial charge in [0.2, 0.25) is 0 Å². The molecule has 0 N–H and O–H groups in total. The van der Waals surface area contributed by atoms with Gasteiger partial charge in [-0.1, -0.05) is 139 Å². The fourth-order valence-electron chi connectivity index (χ4n) is 6.77. The molecule has 0 atom stereocenters. The molecule has 0 saturated carbocycles. The van der Waals surface area contributed by atoms with Crippen LogP contribution in [0.25, 0.3) is 83.0 Å². The smallest absolute Gasteiger partial charge is 0.145 e. The van der Waals surface area contributed by atoms with Crippen LogP contribution in [0.3, 0.4) is 0 Å². The lowest BCUT2D eigenvalue weighted by Crippen LogP contribution is -2.01. The van der Waals surface area contributed by atoms with Gasteiger partial charge in [0, 0.05) is 23.5 Å². The molecule has 0 radical (unpaired) electrons. The third kappa shape index (κ3) is 4.52. The van der Waals surface area contributed by atoms with Crippen molar-refractivity contribution in [1.82, 2.24) is 14.5 Å². The second kappa shape index (κ2) is 11.2. The second-order valence-corrected chi connectivity index (χ2v) is 11.4. The lowest BCUT2D eigenvalue weighted by atomic mass is 9.85. The Morgan fingerprint density at radius 2 is 1.11 bits per heavy atom. The second-order valence-electron chi connectivity index (χ2n) is 11.4. The van der Waals surface area contributed by atoms with Crippen LogP contribution in [0.4, 0.5) is 0 Å². The van der Waals surface area contributed by atoms with Crippen molar-refractivity contribution in [3.63, 3.8) is 0 Å². The third-order valence-corrected chi connectivity index (χ3v) is 8.80. The first-order valence-corrected chi connectivity index (χ1v) is 15.5. The van der Waals surface area contributed by atoms with Crippen molar-refractivity contribution in [1.29, 1.82) is 0 Å². The number of fused-ring (bicyclic) bond motifs is 3. The summed E-state index contributed by atoms with van der Waals surface area (Å²) < 4.78 is 44.8. The van der Waals surface area contributed by atoms with Crippen molar-refractivity contribution in [2.75, 3.05) is 0 Å². The highest BCUT2D eigenvalue weighted by Gasteiger charge is 2.21. The van der Waals surface area contributed by atoms with Gasteiger partial charge >= 0.3 is 0 Å². The summed E-state index contributed by atoms with van der Waals surface area (Å²) in [5.74, 6) is 0.282. The first kappa shape index (κ1) is 22.2. The van der Waals surface area contributed by atoms with E-state index in [0.29, 0.717) is 5.52 Å². The minimum atomic E-state index is -0.438. The van der Waals surface area contributed by atoms with E-state index in [-0.39, 0.29) is 23.5 Å². The quantitative estimate of drug-likeness (QED) is 0.183. The average Bonchev–Trinajstić information content (AvgIpc) is 3.57. The third-order valence-electron chi connectivity index (χ3n) is 8.80. The molecular weight excluding hydrogens is 571 g/mol. The molecule has 0 bridgehead atoms. The van der Waals surface area contributed by atoms with Crippen LogP contribution in [0.5, 0.6) is 0 Å². The van der Waals surface area contributed by atoms with Gasteiger partial charge in [0.15, 0.2) is 0 Å². The van der Waals surface area contributed by atoms with Gasteiger partial charge in [-0.2, -0.15) is 0 Å². The van der Waals surface area contributed by atoms with Crippen LogP contribution < -0.4 is 0 Å². The number of hydrogen-bond acceptors (Lipinski definition) is 2. The van der Waals surface area contributed by atoms with E-state index in [1.807, 2.05) is 59.3 Å². The zero-order valence-electron chi connectivity index (χ0n) is 30.2. The van der Waals surface area contributed by atoms with Crippen LogP contribution in [-0.4, -0.2) is 14.5 Å². The van der Waals surface area contributed by atoms with E-state index in [4.69, 9.17) is 11.8 Å². The molecule has 0 unspecified atom stereocenters. The minimum Gasteiger partial charge on any atom is -0.292 e. The van der Waals surface area contributed by atoms with Crippen LogP contribution >= 0.6 is 0 Å². The zero-order chi connectivity index (χ0) is 35.5. The Morgan fingerprint density at radius 1 is 0.489 bits per heavy atom. The van der Waals surface area contributed by atoms with E-state index in [1.54, 1.807) is 6.20 Å². The van der Waals surface area contributed by atoms with Crippen molar-refractivity contribution in [3.8, 4) is 50.5 Å². The van der Waals surface area contributed by atoms with Crippen LogP contribution in [0.1, 0.15) is 6.85 Å². The molecule has 0 saturated heterocycles. The first-order chi connectivity index (χ1) is 25.4. The number of nitrogens with zero attached hydrogens (tertiary/aromatic N) is 3. The SMILES string of the molecule is [2H]c1c([2H])c([2H])c(-c2nc3ccccc3n2-c2ccccc2-c2c3ccccc3c(-c3ccc(-c4cccnc4)cc3)c3ccccc23)c([2H])c1[2H]. The highest BCUT2D eigenvalue weighted by atomic mass is 15.1. The lowest BCUT2D eigenvalue weighted by Gasteiger charge is -2.21. The summed E-state index contributed by atoms with van der Waals surface area (Å²) in [6.45, 7) is 0. The van der Waals surface area contributed by atoms with Gasteiger partial charge in [-0.25, -0.2) is 4.98 Å². The zero-order valence-corrected chi connectivity index (χ0v) is 25.2. The number of imidazole rings is 1. The summed E-state index contributed by atoms with van der Waals surface area (Å²) in [4.78, 5) is 9.22. The van der Waals surface area contributed by atoms with Crippen molar-refractivity contribution >= 4 is 32.6 Å². The lowest BCUT2D eigenvalue weighted by molar-refractivity contribution is 1.10. The van der Waals surface area contributed by atoms with E-state index < -0.39 is 18.1 Å². The van der Waals surface area contributed by atoms with Crippen LogP contribution in [0, 0.1) is 0 Å². The molecule has 9 aromatic rings. The number of rotatable bonds is 5. The van der Waals surface area contributed by atoms with E-state index in [9.17, 15) is 0 Å². The molecule has 2 aromatic heterocycles. The molecule has 0 aliphatic heterocycles. The molecule has 47 heavy (non-hydrogen) atoms. The molecule has 0 fully saturated rings. The Kier molecular flexibility index (Phi) is 5.32. The van der Waals surface area contributed by atoms with Crippen LogP contribution in [0.2, 0.25) is 0 Å². The molecule has 0 aliphatic rings. The number of benzene rings is 7. The normalized spacial score (nSPS) is 12.9. The molecule has 2 heterocycles. The number of aromatic nitrogens is 3. The first-order valence-electron chi connectivity index (χ1n) is 18.0. The van der Waals surface area contributed by atoms with Crippen molar-refractivity contribution in [3.05, 3.63) is 176 Å². The standard InChI is InChI=1S/C44H29N3/c1-2-13-32(14-3-1)44-46-39-21-9-11-23-41(39)47(44)40-22-10-8-20-38(40)43-36-18-6-4-16-34(36)42(35-17-5-7-19-37(35)43)31-26-24-30(25-27-31)33-15-12-28-45-29-33/h1-29H/i1D,2D,3D,13D,14D. The fourth-order valence-corrected chi connectivity index (χ4v) is 6.77. The Balaban J connectivity index is 1.34. The molecule has 3 heteroatoms. The molecule has 0 aliphatic carbocycles. The minimum absolute atomic E-state index is 0.0526. The highest BCUT2D eigenvalue weighted by Crippen LogP contribution is 2.46. The average molecular weight is 605 g/mol. The van der Waals surface area contributed by atoms with Gasteiger partial charge in [-0.3, -0.25) is 9.55 Å². The fraction of sp³-hybridized carbons (Fsp3) is 0. The Labute approximate surface area is 280 Å². The summed E-state index contributed by atoms with van der Waals surface area (Å²) >= 11 is 0. The number of hydrogen-bond donors (Lipinski definition) is 0. The molecular formula is C44H29N3. The largest absolute Gasteiger partial charge is 0.292 e. The molecule has 3 nitrogen and oxygen atoms in total. The van der Waals surface area contributed by atoms with Gasteiger partial charge in [-0.05, 0) is 73.6 Å². The summed E-state index contributed by atoms with van der Waals surface area (Å²) in [7, 11) is 0. The number of pyridine rings is 1. The maximum absolute atomic E-state index is 8.88. The Hall–Kier alpha value is -6.32. The van der Waals surface area contributed by atoms with Gasteiger partial charge in [0.05, 0.1) is 23.6 Å². The predicted octanol–water partition coefficient (Wildman–Crippen LogP) is 11.4. The molecule has 220 valence electrons. The van der Waals surface area contributed by atoms with Gasteiger partial charge in [0.1, 0.15) is 5.82 Å².